The topological polar surface area (TPSA) is 24.1 Å². The normalized spacial score (nSPS) is 23.5. The third kappa shape index (κ3) is 4.25. The molecule has 4 heteroatoms. The van der Waals surface area contributed by atoms with Gasteiger partial charge >= 0.3 is 0 Å². The van der Waals surface area contributed by atoms with Crippen molar-refractivity contribution < 1.29 is 8.78 Å². The lowest BCUT2D eigenvalue weighted by Crippen LogP contribution is -2.33. The number of hydrogen-bond acceptors (Lipinski definition) is 2. The molecule has 2 nitrogen and oxygen atoms in total. The molecule has 0 bridgehead atoms. The fourth-order valence-electron chi connectivity index (χ4n) is 2.74. The second kappa shape index (κ2) is 6.96. The summed E-state index contributed by atoms with van der Waals surface area (Å²) in [4.78, 5) is 0. The van der Waals surface area contributed by atoms with E-state index in [2.05, 4.69) is 10.6 Å². The smallest absolute Gasteiger partial charge is 0.127 e. The Bertz CT molecular complexity index is 401. The van der Waals surface area contributed by atoms with Crippen LogP contribution in [0.2, 0.25) is 0 Å². The largest absolute Gasteiger partial charge is 0.317 e. The third-order valence-corrected chi connectivity index (χ3v) is 4.01. The fraction of sp³-hybridized carbons (Fsp3) is 0.600. The van der Waals surface area contributed by atoms with Crippen LogP contribution in [-0.4, -0.2) is 19.6 Å². The summed E-state index contributed by atoms with van der Waals surface area (Å²) < 4.78 is 26.4. The summed E-state index contributed by atoms with van der Waals surface area (Å²) in [6.45, 7) is 1.28. The zero-order valence-electron chi connectivity index (χ0n) is 11.4. The van der Waals surface area contributed by atoms with Crippen molar-refractivity contribution in [2.24, 2.45) is 5.92 Å². The molecule has 1 aromatic rings. The van der Waals surface area contributed by atoms with Crippen molar-refractivity contribution >= 4 is 0 Å². The van der Waals surface area contributed by atoms with Crippen molar-refractivity contribution in [3.05, 3.63) is 35.4 Å². The highest BCUT2D eigenvalue weighted by Crippen LogP contribution is 2.23. The second-order valence-corrected chi connectivity index (χ2v) is 5.37. The lowest BCUT2D eigenvalue weighted by atomic mass is 9.86. The first-order valence-electron chi connectivity index (χ1n) is 7.01. The van der Waals surface area contributed by atoms with Crippen LogP contribution < -0.4 is 10.6 Å². The van der Waals surface area contributed by atoms with Crippen LogP contribution in [0.3, 0.4) is 0 Å². The summed E-state index contributed by atoms with van der Waals surface area (Å²) in [7, 11) is 2.01. The first-order valence-corrected chi connectivity index (χ1v) is 7.01. The molecule has 0 spiro atoms. The van der Waals surface area contributed by atoms with Gasteiger partial charge < -0.3 is 10.6 Å². The Labute approximate surface area is 113 Å². The van der Waals surface area contributed by atoms with Crippen LogP contribution in [0, 0.1) is 17.6 Å². The first-order chi connectivity index (χ1) is 9.19. The van der Waals surface area contributed by atoms with Crippen LogP contribution in [0.1, 0.15) is 31.2 Å². The Kier molecular flexibility index (Phi) is 5.28. The molecular weight excluding hydrogens is 246 g/mol. The molecule has 2 N–H and O–H groups in total. The SMILES string of the molecule is CNC1CCC(CNCc2cc(F)ccc2F)CC1. The predicted octanol–water partition coefficient (Wildman–Crippen LogP) is 2.83. The average molecular weight is 268 g/mol. The van der Waals surface area contributed by atoms with Crippen molar-refractivity contribution in [3.8, 4) is 0 Å². The van der Waals surface area contributed by atoms with Gasteiger partial charge in [0.15, 0.2) is 0 Å². The minimum atomic E-state index is -0.382. The predicted molar refractivity (Wildman–Crippen MR) is 72.9 cm³/mol. The van der Waals surface area contributed by atoms with Crippen LogP contribution >= 0.6 is 0 Å². The van der Waals surface area contributed by atoms with Gasteiger partial charge in [-0.15, -0.1) is 0 Å². The molecule has 0 unspecified atom stereocenters. The van der Waals surface area contributed by atoms with Gasteiger partial charge in [0, 0.05) is 18.2 Å². The molecule has 0 aliphatic heterocycles. The lowest BCUT2D eigenvalue weighted by Gasteiger charge is -2.28. The highest BCUT2D eigenvalue weighted by Gasteiger charge is 2.19. The van der Waals surface area contributed by atoms with E-state index in [0.29, 0.717) is 24.1 Å². The van der Waals surface area contributed by atoms with E-state index in [-0.39, 0.29) is 11.6 Å². The summed E-state index contributed by atoms with van der Waals surface area (Å²) >= 11 is 0. The molecule has 19 heavy (non-hydrogen) atoms. The van der Waals surface area contributed by atoms with Crippen molar-refractivity contribution in [1.29, 1.82) is 0 Å². The second-order valence-electron chi connectivity index (χ2n) is 5.37. The quantitative estimate of drug-likeness (QED) is 0.858. The maximum atomic E-state index is 13.4. The van der Waals surface area contributed by atoms with Gasteiger partial charge in [-0.25, -0.2) is 8.78 Å². The molecule has 0 amide bonds. The Hall–Kier alpha value is -1.00. The molecule has 0 heterocycles. The maximum absolute atomic E-state index is 13.4. The summed E-state index contributed by atoms with van der Waals surface area (Å²) in [6.07, 6.45) is 4.81. The van der Waals surface area contributed by atoms with Gasteiger partial charge in [0.2, 0.25) is 0 Å². The molecule has 1 saturated carbocycles. The maximum Gasteiger partial charge on any atom is 0.127 e. The van der Waals surface area contributed by atoms with Crippen molar-refractivity contribution in [3.63, 3.8) is 0 Å². The zero-order valence-corrected chi connectivity index (χ0v) is 11.4. The van der Waals surface area contributed by atoms with E-state index in [9.17, 15) is 8.78 Å². The molecule has 2 rings (SSSR count). The molecule has 0 atom stereocenters. The highest BCUT2D eigenvalue weighted by molar-refractivity contribution is 5.18. The minimum absolute atomic E-state index is 0.340. The number of nitrogens with one attached hydrogen (secondary N) is 2. The number of benzene rings is 1. The minimum Gasteiger partial charge on any atom is -0.317 e. The number of halogens is 2. The Balaban J connectivity index is 1.73. The van der Waals surface area contributed by atoms with Gasteiger partial charge in [-0.2, -0.15) is 0 Å². The van der Waals surface area contributed by atoms with E-state index >= 15 is 0 Å². The van der Waals surface area contributed by atoms with E-state index in [1.807, 2.05) is 7.05 Å². The molecule has 0 saturated heterocycles. The Morgan fingerprint density at radius 3 is 2.58 bits per heavy atom. The average Bonchev–Trinajstić information content (AvgIpc) is 2.43. The van der Waals surface area contributed by atoms with Crippen molar-refractivity contribution in [2.75, 3.05) is 13.6 Å². The highest BCUT2D eigenvalue weighted by atomic mass is 19.1. The Morgan fingerprint density at radius 1 is 1.16 bits per heavy atom. The van der Waals surface area contributed by atoms with Crippen LogP contribution in [0.15, 0.2) is 18.2 Å². The summed E-state index contributed by atoms with van der Waals surface area (Å²) in [5.41, 5.74) is 0.406. The van der Waals surface area contributed by atoms with Gasteiger partial charge in [-0.05, 0) is 63.4 Å². The fourth-order valence-corrected chi connectivity index (χ4v) is 2.74. The van der Waals surface area contributed by atoms with Gasteiger partial charge in [0.05, 0.1) is 0 Å². The number of hydrogen-bond donors (Lipinski definition) is 2. The van der Waals surface area contributed by atoms with Crippen LogP contribution in [-0.2, 0) is 6.54 Å². The van der Waals surface area contributed by atoms with Gasteiger partial charge in [0.25, 0.3) is 0 Å². The lowest BCUT2D eigenvalue weighted by molar-refractivity contribution is 0.292. The van der Waals surface area contributed by atoms with Gasteiger partial charge in [-0.1, -0.05) is 0 Å². The van der Waals surface area contributed by atoms with Crippen molar-refractivity contribution in [2.45, 2.75) is 38.3 Å². The van der Waals surface area contributed by atoms with Gasteiger partial charge in [-0.3, -0.25) is 0 Å². The summed E-state index contributed by atoms with van der Waals surface area (Å²) in [5, 5.41) is 6.55. The van der Waals surface area contributed by atoms with E-state index in [1.54, 1.807) is 0 Å². The van der Waals surface area contributed by atoms with Gasteiger partial charge in [0.1, 0.15) is 11.6 Å². The molecule has 0 aromatic heterocycles. The Morgan fingerprint density at radius 2 is 1.89 bits per heavy atom. The van der Waals surface area contributed by atoms with Crippen LogP contribution in [0.5, 0.6) is 0 Å². The first kappa shape index (κ1) is 14.4. The zero-order chi connectivity index (χ0) is 13.7. The molecule has 106 valence electrons. The third-order valence-electron chi connectivity index (χ3n) is 4.01. The monoisotopic (exact) mass is 268 g/mol. The van der Waals surface area contributed by atoms with E-state index < -0.39 is 0 Å². The van der Waals surface area contributed by atoms with Crippen LogP contribution in [0.4, 0.5) is 8.78 Å². The number of rotatable bonds is 5. The van der Waals surface area contributed by atoms with Crippen molar-refractivity contribution in [1.82, 2.24) is 10.6 Å². The molecule has 1 fully saturated rings. The van der Waals surface area contributed by atoms with E-state index in [0.717, 1.165) is 12.6 Å². The molecular formula is C15H22F2N2. The van der Waals surface area contributed by atoms with Crippen LogP contribution in [0.25, 0.3) is 0 Å². The standard InChI is InChI=1S/C15H22F2N2/c1-18-14-5-2-11(3-6-14)9-19-10-12-8-13(16)4-7-15(12)17/h4,7-8,11,14,18-19H,2-3,5-6,9-10H2,1H3. The molecule has 0 radical (unpaired) electrons. The molecule has 1 aromatic carbocycles. The summed E-state index contributed by atoms with van der Waals surface area (Å²) in [6, 6.07) is 4.25. The van der Waals surface area contributed by atoms with E-state index in [4.69, 9.17) is 0 Å². The van der Waals surface area contributed by atoms with E-state index in [1.165, 1.54) is 37.8 Å². The summed E-state index contributed by atoms with van der Waals surface area (Å²) in [5.74, 6) is -0.0678. The molecule has 1 aliphatic carbocycles. The molecule has 1 aliphatic rings.